The molecule has 0 radical (unpaired) electrons. The van der Waals surface area contributed by atoms with Gasteiger partial charge in [-0.1, -0.05) is 32.0 Å². The maximum absolute atomic E-state index is 12.6. The average Bonchev–Trinajstić information content (AvgIpc) is 3.22. The molecule has 3 rings (SSSR count). The summed E-state index contributed by atoms with van der Waals surface area (Å²) in [5, 5.41) is 0. The van der Waals surface area contributed by atoms with Crippen molar-refractivity contribution in [1.29, 1.82) is 0 Å². The zero-order valence-corrected chi connectivity index (χ0v) is 19.0. The Balaban J connectivity index is 2.03. The van der Waals surface area contributed by atoms with E-state index in [0.29, 0.717) is 18.0 Å². The molecule has 30 heavy (non-hydrogen) atoms. The van der Waals surface area contributed by atoms with E-state index in [4.69, 9.17) is 5.73 Å². The maximum atomic E-state index is 12.6. The van der Waals surface area contributed by atoms with Crippen molar-refractivity contribution in [2.45, 2.75) is 44.9 Å². The van der Waals surface area contributed by atoms with Crippen molar-refractivity contribution < 1.29 is 17.4 Å². The standard InChI is InChI=1S/C21H25N3O4S2/c1-13(2)9-18-11-19(20(29-18)30(26,27)28-21(22)25)16-5-6-17(14(3)10-16)12-24-8-7-23-15(24)4/h5-8,10-11,13H,9,12H2,1-4H3,(H2,22,25). The molecule has 0 aliphatic carbocycles. The third-order valence-corrected chi connectivity index (χ3v) is 7.57. The van der Waals surface area contributed by atoms with Crippen molar-refractivity contribution >= 4 is 27.5 Å². The summed E-state index contributed by atoms with van der Waals surface area (Å²) in [7, 11) is -4.29. The Kier molecular flexibility index (Phi) is 6.33. The van der Waals surface area contributed by atoms with Gasteiger partial charge in [-0.15, -0.1) is 11.3 Å². The highest BCUT2D eigenvalue weighted by molar-refractivity contribution is 7.89. The summed E-state index contributed by atoms with van der Waals surface area (Å²) in [4.78, 5) is 16.3. The topological polar surface area (TPSA) is 104 Å². The van der Waals surface area contributed by atoms with Crippen molar-refractivity contribution in [1.82, 2.24) is 9.55 Å². The number of nitrogens with zero attached hydrogens (tertiary/aromatic N) is 2. The number of nitrogens with two attached hydrogens (primary N) is 1. The van der Waals surface area contributed by atoms with Gasteiger partial charge < -0.3 is 14.5 Å². The van der Waals surface area contributed by atoms with E-state index in [-0.39, 0.29) is 4.21 Å². The van der Waals surface area contributed by atoms with Crippen molar-refractivity contribution in [3.63, 3.8) is 0 Å². The predicted molar refractivity (Wildman–Crippen MR) is 117 cm³/mol. The third-order valence-electron chi connectivity index (χ3n) is 4.70. The molecule has 9 heteroatoms. The second kappa shape index (κ2) is 8.61. The molecule has 0 atom stereocenters. The number of thiophene rings is 1. The van der Waals surface area contributed by atoms with Gasteiger partial charge >= 0.3 is 16.2 Å². The Labute approximate surface area is 180 Å². The number of carbonyl (C=O) groups is 1. The largest absolute Gasteiger partial charge is 0.420 e. The van der Waals surface area contributed by atoms with E-state index in [1.54, 1.807) is 6.20 Å². The van der Waals surface area contributed by atoms with Gasteiger partial charge in [0.15, 0.2) is 4.21 Å². The smallest absolute Gasteiger partial charge is 0.334 e. The molecule has 1 amide bonds. The molecule has 7 nitrogen and oxygen atoms in total. The van der Waals surface area contributed by atoms with Gasteiger partial charge in [0, 0.05) is 29.4 Å². The maximum Gasteiger partial charge on any atom is 0.420 e. The normalized spacial score (nSPS) is 11.8. The first-order valence-electron chi connectivity index (χ1n) is 9.51. The summed E-state index contributed by atoms with van der Waals surface area (Å²) in [6.07, 6.45) is 3.06. The molecular formula is C21H25N3O4S2. The molecule has 0 spiro atoms. The molecule has 2 heterocycles. The number of benzene rings is 1. The van der Waals surface area contributed by atoms with Gasteiger partial charge in [-0.25, -0.2) is 9.78 Å². The Morgan fingerprint density at radius 2 is 2.00 bits per heavy atom. The van der Waals surface area contributed by atoms with Gasteiger partial charge in [-0.05, 0) is 48.9 Å². The molecule has 0 bridgehead atoms. The van der Waals surface area contributed by atoms with Crippen LogP contribution in [0.5, 0.6) is 0 Å². The minimum absolute atomic E-state index is 0.00504. The third kappa shape index (κ3) is 4.91. The van der Waals surface area contributed by atoms with Crippen LogP contribution in [-0.2, 0) is 27.3 Å². The molecule has 0 saturated heterocycles. The number of aryl methyl sites for hydroxylation is 2. The highest BCUT2D eigenvalue weighted by atomic mass is 32.3. The highest BCUT2D eigenvalue weighted by Gasteiger charge is 2.27. The van der Waals surface area contributed by atoms with Crippen LogP contribution in [0.15, 0.2) is 40.9 Å². The van der Waals surface area contributed by atoms with Crippen molar-refractivity contribution in [3.05, 3.63) is 58.5 Å². The molecule has 3 aromatic rings. The second-order valence-corrected chi connectivity index (χ2v) is 10.5. The first kappa shape index (κ1) is 22.0. The summed E-state index contributed by atoms with van der Waals surface area (Å²) >= 11 is 1.11. The second-order valence-electron chi connectivity index (χ2n) is 7.61. The Morgan fingerprint density at radius 1 is 1.27 bits per heavy atom. The minimum Gasteiger partial charge on any atom is -0.334 e. The Morgan fingerprint density at radius 3 is 2.57 bits per heavy atom. The molecular weight excluding hydrogens is 422 g/mol. The summed E-state index contributed by atoms with van der Waals surface area (Å²) < 4.78 is 31.7. The summed E-state index contributed by atoms with van der Waals surface area (Å²) in [6.45, 7) is 8.73. The Hall–Kier alpha value is -2.65. The molecule has 0 aliphatic rings. The zero-order valence-electron chi connectivity index (χ0n) is 17.4. The average molecular weight is 448 g/mol. The van der Waals surface area contributed by atoms with Crippen molar-refractivity contribution in [3.8, 4) is 11.1 Å². The summed E-state index contributed by atoms with van der Waals surface area (Å²) in [5.74, 6) is 1.28. The van der Waals surface area contributed by atoms with Crippen LogP contribution in [0.1, 0.15) is 35.7 Å². The zero-order chi connectivity index (χ0) is 22.1. The number of primary amides is 1. The van der Waals surface area contributed by atoms with Gasteiger partial charge in [0.2, 0.25) is 0 Å². The van der Waals surface area contributed by atoms with E-state index < -0.39 is 16.2 Å². The van der Waals surface area contributed by atoms with E-state index in [2.05, 4.69) is 23.0 Å². The lowest BCUT2D eigenvalue weighted by molar-refractivity contribution is 0.213. The quantitative estimate of drug-likeness (QED) is 0.545. The lowest BCUT2D eigenvalue weighted by Crippen LogP contribution is -2.18. The van der Waals surface area contributed by atoms with Crippen LogP contribution in [-0.4, -0.2) is 24.1 Å². The molecule has 1 aromatic carbocycles. The number of amides is 1. The fourth-order valence-corrected chi connectivity index (χ4v) is 5.94. The lowest BCUT2D eigenvalue weighted by atomic mass is 10.0. The molecule has 2 aromatic heterocycles. The summed E-state index contributed by atoms with van der Waals surface area (Å²) in [6, 6.07) is 7.68. The predicted octanol–water partition coefficient (Wildman–Crippen LogP) is 4.26. The molecule has 2 N–H and O–H groups in total. The van der Waals surface area contributed by atoms with E-state index in [9.17, 15) is 13.2 Å². The van der Waals surface area contributed by atoms with E-state index in [0.717, 1.165) is 45.1 Å². The van der Waals surface area contributed by atoms with E-state index >= 15 is 0 Å². The van der Waals surface area contributed by atoms with Crippen LogP contribution >= 0.6 is 11.3 Å². The van der Waals surface area contributed by atoms with Crippen LogP contribution in [0, 0.1) is 19.8 Å². The lowest BCUT2D eigenvalue weighted by Gasteiger charge is -2.11. The van der Waals surface area contributed by atoms with Gasteiger partial charge in [-0.3, -0.25) is 0 Å². The van der Waals surface area contributed by atoms with Crippen molar-refractivity contribution in [2.75, 3.05) is 0 Å². The number of hydrogen-bond donors (Lipinski definition) is 1. The van der Waals surface area contributed by atoms with E-state index in [1.165, 1.54) is 0 Å². The number of hydrogen-bond acceptors (Lipinski definition) is 6. The Bertz CT molecular complexity index is 1180. The van der Waals surface area contributed by atoms with Crippen LogP contribution in [0.3, 0.4) is 0 Å². The highest BCUT2D eigenvalue weighted by Crippen LogP contribution is 2.38. The van der Waals surface area contributed by atoms with Crippen LogP contribution in [0.4, 0.5) is 4.79 Å². The fraction of sp³-hybridized carbons (Fsp3) is 0.333. The first-order valence-corrected chi connectivity index (χ1v) is 11.7. The van der Waals surface area contributed by atoms with Gasteiger partial charge in [0.25, 0.3) is 0 Å². The molecule has 0 aliphatic heterocycles. The number of aromatic nitrogens is 2. The fourth-order valence-electron chi connectivity index (χ4n) is 3.25. The molecule has 0 fully saturated rings. The molecule has 160 valence electrons. The minimum atomic E-state index is -4.29. The van der Waals surface area contributed by atoms with Crippen LogP contribution < -0.4 is 5.73 Å². The van der Waals surface area contributed by atoms with Gasteiger partial charge in [-0.2, -0.15) is 8.42 Å². The van der Waals surface area contributed by atoms with Crippen LogP contribution in [0.25, 0.3) is 11.1 Å². The van der Waals surface area contributed by atoms with Crippen LogP contribution in [0.2, 0.25) is 0 Å². The van der Waals surface area contributed by atoms with E-state index in [1.807, 2.05) is 48.9 Å². The monoisotopic (exact) mass is 447 g/mol. The number of rotatable bonds is 7. The summed E-state index contributed by atoms with van der Waals surface area (Å²) in [5.41, 5.74) is 8.37. The molecule has 0 saturated carbocycles. The molecule has 0 unspecified atom stereocenters. The van der Waals surface area contributed by atoms with Crippen molar-refractivity contribution in [2.24, 2.45) is 11.7 Å². The number of carbonyl (C=O) groups excluding carboxylic acids is 1. The van der Waals surface area contributed by atoms with Gasteiger partial charge in [0.05, 0.1) is 0 Å². The number of imidazole rings is 1. The first-order chi connectivity index (χ1) is 14.1. The SMILES string of the molecule is Cc1cc(-c2cc(CC(C)C)sc2S(=O)(=O)OC(N)=O)ccc1Cn1ccnc1C. The van der Waals surface area contributed by atoms with Gasteiger partial charge in [0.1, 0.15) is 5.82 Å².